The van der Waals surface area contributed by atoms with Gasteiger partial charge in [0.25, 0.3) is 5.91 Å². The van der Waals surface area contributed by atoms with E-state index in [2.05, 4.69) is 20.6 Å². The van der Waals surface area contributed by atoms with Crippen LogP contribution in [-0.2, 0) is 22.3 Å². The summed E-state index contributed by atoms with van der Waals surface area (Å²) in [4.78, 5) is 36.8. The van der Waals surface area contributed by atoms with Crippen molar-refractivity contribution >= 4 is 58.2 Å². The lowest BCUT2D eigenvalue weighted by molar-refractivity contribution is -0.137. The number of nitrogens with zero attached hydrogens (tertiary/aromatic N) is 3. The Hall–Kier alpha value is -3.93. The molecule has 0 radical (unpaired) electrons. The number of carbonyl (C=O) groups is 2. The van der Waals surface area contributed by atoms with Crippen LogP contribution in [-0.4, -0.2) is 48.1 Å². The molecule has 5 rings (SSSR count). The number of halogens is 5. The Morgan fingerprint density at radius 2 is 1.76 bits per heavy atom. The second-order valence-corrected chi connectivity index (χ2v) is 12.1. The van der Waals surface area contributed by atoms with Gasteiger partial charge < -0.3 is 20.3 Å². The van der Waals surface area contributed by atoms with Crippen LogP contribution in [0.4, 0.5) is 24.7 Å². The number of benzene rings is 3. The Balaban J connectivity index is 0.00000461. The summed E-state index contributed by atoms with van der Waals surface area (Å²) in [5.74, 6) is 0.0745. The first kappa shape index (κ1) is 34.0. The van der Waals surface area contributed by atoms with Crippen LogP contribution in [0.25, 0.3) is 22.3 Å². The Labute approximate surface area is 269 Å². The number of rotatable bonds is 7. The normalized spacial score (nSPS) is 13.6. The van der Waals surface area contributed by atoms with Crippen molar-refractivity contribution in [1.82, 2.24) is 15.3 Å². The first-order chi connectivity index (χ1) is 20.7. The highest BCUT2D eigenvalue weighted by molar-refractivity contribution is 6.34. The van der Waals surface area contributed by atoms with Crippen LogP contribution in [0.1, 0.15) is 42.3 Å². The summed E-state index contributed by atoms with van der Waals surface area (Å²) >= 11 is 6.36. The van der Waals surface area contributed by atoms with Gasteiger partial charge in [-0.3, -0.25) is 9.59 Å². The van der Waals surface area contributed by atoms with Gasteiger partial charge in [-0.05, 0) is 48.0 Å². The molecule has 0 saturated carbocycles. The monoisotopic (exact) mass is 661 g/mol. The molecule has 0 spiro atoms. The maximum Gasteiger partial charge on any atom is 0.416 e. The Morgan fingerprint density at radius 3 is 2.42 bits per heavy atom. The summed E-state index contributed by atoms with van der Waals surface area (Å²) in [6, 6.07) is 14.9. The molecule has 3 aromatic carbocycles. The standard InChI is InChI=1S/C32H31ClF3N5O3.ClH/c1-31(2,3)30(43)37-15-18-8-11-25(33)24(12-18)29(42)38-21-9-10-23-26(14-21)39-27(40-28(23)41-16-22(17-41)44-4)19-6-5-7-20(13-19)32(34,35)36;/h5-14,22H,15-17H2,1-4H3,(H,37,43)(H,38,42);1H. The van der Waals surface area contributed by atoms with Gasteiger partial charge in [-0.15, -0.1) is 12.4 Å². The van der Waals surface area contributed by atoms with Gasteiger partial charge in [0.15, 0.2) is 5.82 Å². The zero-order valence-corrected chi connectivity index (χ0v) is 26.5. The van der Waals surface area contributed by atoms with Crippen molar-refractivity contribution in [3.05, 3.63) is 82.4 Å². The molecule has 2 N–H and O–H groups in total. The summed E-state index contributed by atoms with van der Waals surface area (Å²) in [7, 11) is 1.62. The second kappa shape index (κ2) is 13.2. The van der Waals surface area contributed by atoms with Gasteiger partial charge >= 0.3 is 6.18 Å². The van der Waals surface area contributed by atoms with E-state index >= 15 is 0 Å². The minimum absolute atomic E-state index is 0. The number of methoxy groups -OCH3 is 1. The molecule has 1 aliphatic rings. The Morgan fingerprint density at radius 1 is 1.02 bits per heavy atom. The molecule has 238 valence electrons. The van der Waals surface area contributed by atoms with Gasteiger partial charge in [0, 0.05) is 48.8 Å². The molecule has 1 aromatic heterocycles. The van der Waals surface area contributed by atoms with Gasteiger partial charge in [-0.2, -0.15) is 13.2 Å². The van der Waals surface area contributed by atoms with Crippen LogP contribution in [0.2, 0.25) is 5.02 Å². The summed E-state index contributed by atoms with van der Waals surface area (Å²) in [6.07, 6.45) is -4.51. The van der Waals surface area contributed by atoms with Crippen LogP contribution in [0.5, 0.6) is 0 Å². The molecule has 0 unspecified atom stereocenters. The van der Waals surface area contributed by atoms with E-state index in [-0.39, 0.29) is 52.9 Å². The van der Waals surface area contributed by atoms with E-state index in [1.807, 2.05) is 25.7 Å². The van der Waals surface area contributed by atoms with Crippen molar-refractivity contribution in [1.29, 1.82) is 0 Å². The van der Waals surface area contributed by atoms with Crippen molar-refractivity contribution in [2.75, 3.05) is 30.4 Å². The summed E-state index contributed by atoms with van der Waals surface area (Å²) in [5, 5.41) is 6.59. The van der Waals surface area contributed by atoms with Crippen molar-refractivity contribution in [3.8, 4) is 11.4 Å². The summed E-state index contributed by atoms with van der Waals surface area (Å²) in [6.45, 7) is 6.78. The van der Waals surface area contributed by atoms with E-state index in [0.717, 1.165) is 12.1 Å². The molecular weight excluding hydrogens is 630 g/mol. The molecule has 45 heavy (non-hydrogen) atoms. The zero-order chi connectivity index (χ0) is 31.8. The first-order valence-electron chi connectivity index (χ1n) is 13.9. The maximum absolute atomic E-state index is 13.5. The molecule has 0 bridgehead atoms. The Kier molecular flexibility index (Phi) is 9.96. The van der Waals surface area contributed by atoms with Gasteiger partial charge in [-0.25, -0.2) is 9.97 Å². The molecule has 0 atom stereocenters. The number of nitrogens with one attached hydrogen (secondary N) is 2. The number of ether oxygens (including phenoxy) is 1. The SMILES string of the molecule is COC1CN(c2nc(-c3cccc(C(F)(F)F)c3)nc3cc(NC(=O)c4cc(CNC(=O)C(C)(C)C)ccc4Cl)ccc23)C1.Cl. The van der Waals surface area contributed by atoms with Gasteiger partial charge in [0.2, 0.25) is 5.91 Å². The third kappa shape index (κ3) is 7.66. The minimum atomic E-state index is -4.52. The predicted octanol–water partition coefficient (Wildman–Crippen LogP) is 7.14. The van der Waals surface area contributed by atoms with Crippen LogP contribution in [0.15, 0.2) is 60.7 Å². The average molecular weight is 663 g/mol. The molecule has 13 heteroatoms. The lowest BCUT2D eigenvalue weighted by Crippen LogP contribution is -2.52. The molecule has 4 aromatic rings. The smallest absolute Gasteiger partial charge is 0.378 e. The van der Waals surface area contributed by atoms with Crippen LogP contribution in [0.3, 0.4) is 0 Å². The highest BCUT2D eigenvalue weighted by Gasteiger charge is 2.32. The topological polar surface area (TPSA) is 96.4 Å². The van der Waals surface area contributed by atoms with Gasteiger partial charge in [0.1, 0.15) is 5.82 Å². The minimum Gasteiger partial charge on any atom is -0.378 e. The number of aromatic nitrogens is 2. The van der Waals surface area contributed by atoms with Crippen LogP contribution in [0, 0.1) is 5.41 Å². The number of alkyl halides is 3. The predicted molar refractivity (Wildman–Crippen MR) is 171 cm³/mol. The zero-order valence-electron chi connectivity index (χ0n) is 25.0. The molecule has 2 amide bonds. The second-order valence-electron chi connectivity index (χ2n) is 11.6. The number of hydrogen-bond donors (Lipinski definition) is 2. The number of fused-ring (bicyclic) bond motifs is 1. The molecule has 0 aliphatic carbocycles. The molecule has 1 aliphatic heterocycles. The average Bonchev–Trinajstić information content (AvgIpc) is 2.94. The third-order valence-electron chi connectivity index (χ3n) is 7.27. The van der Waals surface area contributed by atoms with E-state index in [1.54, 1.807) is 43.5 Å². The largest absolute Gasteiger partial charge is 0.416 e. The quantitative estimate of drug-likeness (QED) is 0.219. The highest BCUT2D eigenvalue weighted by atomic mass is 35.5. The number of amides is 2. The van der Waals surface area contributed by atoms with Crippen LogP contribution < -0.4 is 15.5 Å². The van der Waals surface area contributed by atoms with E-state index < -0.39 is 23.1 Å². The lowest BCUT2D eigenvalue weighted by atomic mass is 9.95. The number of carbonyl (C=O) groups excluding carboxylic acids is 2. The van der Waals surface area contributed by atoms with Crippen molar-refractivity contribution in [2.45, 2.75) is 39.6 Å². The first-order valence-corrected chi connectivity index (χ1v) is 14.3. The number of anilines is 2. The van der Waals surface area contributed by atoms with Gasteiger partial charge in [-0.1, -0.05) is 50.6 Å². The van der Waals surface area contributed by atoms with E-state index in [9.17, 15) is 22.8 Å². The third-order valence-corrected chi connectivity index (χ3v) is 7.60. The summed E-state index contributed by atoms with van der Waals surface area (Å²) < 4.78 is 45.7. The molecule has 1 fully saturated rings. The lowest BCUT2D eigenvalue weighted by Gasteiger charge is -2.39. The van der Waals surface area contributed by atoms with E-state index in [0.29, 0.717) is 41.1 Å². The fourth-order valence-electron chi connectivity index (χ4n) is 4.66. The molecule has 8 nitrogen and oxygen atoms in total. The maximum atomic E-state index is 13.5. The Bertz CT molecular complexity index is 1740. The fraction of sp³-hybridized carbons (Fsp3) is 0.312. The summed E-state index contributed by atoms with van der Waals surface area (Å²) in [5.41, 5.74) is 0.601. The van der Waals surface area contributed by atoms with E-state index in [1.165, 1.54) is 12.1 Å². The molecule has 1 saturated heterocycles. The van der Waals surface area contributed by atoms with Crippen molar-refractivity contribution in [3.63, 3.8) is 0 Å². The van der Waals surface area contributed by atoms with Crippen molar-refractivity contribution in [2.24, 2.45) is 5.41 Å². The van der Waals surface area contributed by atoms with Crippen molar-refractivity contribution < 1.29 is 27.5 Å². The molecule has 2 heterocycles. The number of hydrogen-bond acceptors (Lipinski definition) is 6. The fourth-order valence-corrected chi connectivity index (χ4v) is 4.86. The molecular formula is C32H32Cl2F3N5O3. The highest BCUT2D eigenvalue weighted by Crippen LogP contribution is 2.35. The van der Waals surface area contributed by atoms with Crippen LogP contribution >= 0.6 is 24.0 Å². The van der Waals surface area contributed by atoms with E-state index in [4.69, 9.17) is 16.3 Å². The van der Waals surface area contributed by atoms with Gasteiger partial charge in [0.05, 0.1) is 27.8 Å².